The number of benzene rings is 2. The lowest BCUT2D eigenvalue weighted by molar-refractivity contribution is 0.528. The molecule has 170 valence electrons. The minimum Gasteiger partial charge on any atom is -0.420 e. The number of thioether (sulfide) groups is 1. The number of nitrogens with zero attached hydrogens (tertiary/aromatic N) is 4. The standard InChI is InChI=1S/C25H19FN4O2S2/c26-17-11-5-6-12-18(17)30-24(31)21-16-10-4-7-13-19(16)34-23(21)27-25(30)33-14-20-28-29-22(32-20)15-8-2-1-3-9-15/h1-3,5-6,8-9,11-12H,4,7,10,13-14H2. The van der Waals surface area contributed by atoms with E-state index in [1.807, 2.05) is 30.3 Å². The van der Waals surface area contributed by atoms with E-state index in [0.29, 0.717) is 32.9 Å². The van der Waals surface area contributed by atoms with Crippen molar-refractivity contribution in [2.24, 2.45) is 0 Å². The maximum absolute atomic E-state index is 14.8. The van der Waals surface area contributed by atoms with E-state index in [4.69, 9.17) is 9.40 Å². The van der Waals surface area contributed by atoms with Gasteiger partial charge >= 0.3 is 0 Å². The highest BCUT2D eigenvalue weighted by Crippen LogP contribution is 2.36. The molecule has 0 amide bonds. The highest BCUT2D eigenvalue weighted by molar-refractivity contribution is 7.98. The molecule has 0 spiro atoms. The molecule has 0 atom stereocenters. The van der Waals surface area contributed by atoms with Gasteiger partial charge in [0.25, 0.3) is 5.56 Å². The summed E-state index contributed by atoms with van der Waals surface area (Å²) in [5, 5.41) is 9.29. The molecule has 6 rings (SSSR count). The molecule has 9 heteroatoms. The number of para-hydroxylation sites is 1. The van der Waals surface area contributed by atoms with Crippen LogP contribution in [0.2, 0.25) is 0 Å². The number of halogens is 1. The fourth-order valence-electron chi connectivity index (χ4n) is 4.26. The van der Waals surface area contributed by atoms with Gasteiger partial charge in [0.2, 0.25) is 11.8 Å². The van der Waals surface area contributed by atoms with Crippen molar-refractivity contribution in [2.75, 3.05) is 0 Å². The van der Waals surface area contributed by atoms with Crippen LogP contribution in [-0.4, -0.2) is 19.7 Å². The van der Waals surface area contributed by atoms with Crippen molar-refractivity contribution < 1.29 is 8.81 Å². The first-order valence-electron chi connectivity index (χ1n) is 11.0. The SMILES string of the molecule is O=c1c2c3c(sc2nc(SCc2nnc(-c4ccccc4)o2)n1-c1ccccc1F)CCCC3. The van der Waals surface area contributed by atoms with Gasteiger partial charge in [-0.25, -0.2) is 9.37 Å². The largest absolute Gasteiger partial charge is 0.420 e. The van der Waals surface area contributed by atoms with Gasteiger partial charge in [-0.2, -0.15) is 0 Å². The quantitative estimate of drug-likeness (QED) is 0.229. The minimum atomic E-state index is -0.471. The Hall–Kier alpha value is -3.30. The van der Waals surface area contributed by atoms with E-state index < -0.39 is 5.82 Å². The van der Waals surface area contributed by atoms with Gasteiger partial charge < -0.3 is 4.42 Å². The lowest BCUT2D eigenvalue weighted by atomic mass is 9.97. The van der Waals surface area contributed by atoms with E-state index in [0.717, 1.165) is 36.8 Å². The highest BCUT2D eigenvalue weighted by atomic mass is 32.2. The maximum Gasteiger partial charge on any atom is 0.267 e. The van der Waals surface area contributed by atoms with Gasteiger partial charge in [-0.3, -0.25) is 9.36 Å². The van der Waals surface area contributed by atoms with Crippen molar-refractivity contribution in [1.82, 2.24) is 19.7 Å². The molecule has 1 aliphatic rings. The Morgan fingerprint density at radius 1 is 1.03 bits per heavy atom. The molecule has 0 unspecified atom stereocenters. The number of thiophene rings is 1. The lowest BCUT2D eigenvalue weighted by Crippen LogP contribution is -2.23. The predicted octanol–water partition coefficient (Wildman–Crippen LogP) is 5.81. The van der Waals surface area contributed by atoms with Crippen molar-refractivity contribution in [3.63, 3.8) is 0 Å². The third-order valence-corrected chi connectivity index (χ3v) is 7.97. The van der Waals surface area contributed by atoms with Crippen LogP contribution in [0.4, 0.5) is 4.39 Å². The van der Waals surface area contributed by atoms with Gasteiger partial charge in [0.1, 0.15) is 10.6 Å². The van der Waals surface area contributed by atoms with E-state index in [1.54, 1.807) is 29.5 Å². The molecule has 3 aromatic heterocycles. The summed E-state index contributed by atoms with van der Waals surface area (Å²) in [6, 6.07) is 15.8. The monoisotopic (exact) mass is 490 g/mol. The molecule has 0 saturated heterocycles. The van der Waals surface area contributed by atoms with Crippen molar-refractivity contribution in [3.05, 3.63) is 87.1 Å². The van der Waals surface area contributed by atoms with Crippen LogP contribution >= 0.6 is 23.1 Å². The molecule has 1 aliphatic carbocycles. The van der Waals surface area contributed by atoms with E-state index in [1.165, 1.54) is 27.3 Å². The summed E-state index contributed by atoms with van der Waals surface area (Å²) in [6.07, 6.45) is 3.99. The van der Waals surface area contributed by atoms with Crippen LogP contribution in [0.15, 0.2) is 69.0 Å². The first-order valence-corrected chi connectivity index (χ1v) is 12.8. The van der Waals surface area contributed by atoms with Crippen LogP contribution in [0, 0.1) is 5.82 Å². The summed E-state index contributed by atoms with van der Waals surface area (Å²) < 4.78 is 22.0. The number of aryl methyl sites for hydroxylation is 2. The van der Waals surface area contributed by atoms with Gasteiger partial charge in [-0.1, -0.05) is 42.1 Å². The molecule has 0 saturated carbocycles. The smallest absolute Gasteiger partial charge is 0.267 e. The van der Waals surface area contributed by atoms with Crippen molar-refractivity contribution in [2.45, 2.75) is 36.6 Å². The van der Waals surface area contributed by atoms with E-state index in [9.17, 15) is 9.18 Å². The van der Waals surface area contributed by atoms with Crippen molar-refractivity contribution in [1.29, 1.82) is 0 Å². The summed E-state index contributed by atoms with van der Waals surface area (Å²) in [4.78, 5) is 20.5. The van der Waals surface area contributed by atoms with Gasteiger partial charge in [0.05, 0.1) is 16.8 Å². The van der Waals surface area contributed by atoms with Gasteiger partial charge in [0.15, 0.2) is 5.16 Å². The molecule has 0 N–H and O–H groups in total. The molecule has 0 aliphatic heterocycles. The fraction of sp³-hybridized carbons (Fsp3) is 0.200. The Morgan fingerprint density at radius 2 is 1.82 bits per heavy atom. The van der Waals surface area contributed by atoms with Crippen LogP contribution in [0.3, 0.4) is 0 Å². The molecule has 0 fully saturated rings. The van der Waals surface area contributed by atoms with Gasteiger partial charge in [0, 0.05) is 10.4 Å². The van der Waals surface area contributed by atoms with Crippen molar-refractivity contribution in [3.8, 4) is 17.1 Å². The Bertz CT molecular complexity index is 1560. The molecule has 2 aromatic carbocycles. The second-order valence-electron chi connectivity index (χ2n) is 8.03. The summed E-state index contributed by atoms with van der Waals surface area (Å²) in [5.41, 5.74) is 1.87. The van der Waals surface area contributed by atoms with E-state index in [2.05, 4.69) is 10.2 Å². The summed E-state index contributed by atoms with van der Waals surface area (Å²) >= 11 is 2.86. The zero-order valence-corrected chi connectivity index (χ0v) is 19.7. The van der Waals surface area contributed by atoms with Gasteiger partial charge in [-0.05, 0) is 55.5 Å². The van der Waals surface area contributed by atoms with E-state index >= 15 is 0 Å². The molecule has 0 bridgehead atoms. The predicted molar refractivity (Wildman–Crippen MR) is 131 cm³/mol. The highest BCUT2D eigenvalue weighted by Gasteiger charge is 2.24. The molecular weight excluding hydrogens is 471 g/mol. The summed E-state index contributed by atoms with van der Waals surface area (Å²) in [6.45, 7) is 0. The minimum absolute atomic E-state index is 0.190. The average molecular weight is 491 g/mol. The second-order valence-corrected chi connectivity index (χ2v) is 10.1. The molecule has 0 radical (unpaired) electrons. The summed E-state index contributed by atoms with van der Waals surface area (Å²) in [5.74, 6) is 0.666. The summed E-state index contributed by atoms with van der Waals surface area (Å²) in [7, 11) is 0. The van der Waals surface area contributed by atoms with Gasteiger partial charge in [-0.15, -0.1) is 21.5 Å². The average Bonchev–Trinajstić information content (AvgIpc) is 3.49. The fourth-order valence-corrected chi connectivity index (χ4v) is 6.41. The Kier molecular flexibility index (Phi) is 5.50. The molecule has 6 nitrogen and oxygen atoms in total. The number of rotatable bonds is 5. The van der Waals surface area contributed by atoms with Crippen LogP contribution < -0.4 is 5.56 Å². The van der Waals surface area contributed by atoms with Crippen LogP contribution in [0.1, 0.15) is 29.2 Å². The Labute approximate surface area is 202 Å². The lowest BCUT2D eigenvalue weighted by Gasteiger charge is -2.13. The number of hydrogen-bond donors (Lipinski definition) is 0. The first-order chi connectivity index (χ1) is 16.7. The maximum atomic E-state index is 14.8. The normalized spacial score (nSPS) is 13.3. The number of fused-ring (bicyclic) bond motifs is 3. The topological polar surface area (TPSA) is 73.8 Å². The third kappa shape index (κ3) is 3.74. The van der Waals surface area contributed by atoms with Crippen LogP contribution in [0.25, 0.3) is 27.4 Å². The number of hydrogen-bond acceptors (Lipinski definition) is 7. The number of aromatic nitrogens is 4. The molecule has 34 heavy (non-hydrogen) atoms. The van der Waals surface area contributed by atoms with Crippen molar-refractivity contribution >= 4 is 33.3 Å². The first kappa shape index (κ1) is 21.2. The third-order valence-electron chi connectivity index (χ3n) is 5.86. The molecule has 3 heterocycles. The van der Waals surface area contributed by atoms with E-state index in [-0.39, 0.29) is 11.2 Å². The Morgan fingerprint density at radius 3 is 2.68 bits per heavy atom. The van der Waals surface area contributed by atoms with Crippen LogP contribution in [-0.2, 0) is 18.6 Å². The molecular formula is C25H19FN4O2S2. The second kappa shape index (κ2) is 8.81. The molecule has 5 aromatic rings. The Balaban J connectivity index is 1.42. The zero-order valence-electron chi connectivity index (χ0n) is 18.0. The zero-order chi connectivity index (χ0) is 23.1. The van der Waals surface area contributed by atoms with Crippen LogP contribution in [0.5, 0.6) is 0 Å².